The van der Waals surface area contributed by atoms with Gasteiger partial charge < -0.3 is 0 Å². The fraction of sp³-hybridized carbons (Fsp3) is 0.833. The van der Waals surface area contributed by atoms with E-state index in [-0.39, 0.29) is 0 Å². The molecule has 2 atom stereocenters. The molecule has 1 aliphatic carbocycles. The Morgan fingerprint density at radius 1 is 1.75 bits per heavy atom. The van der Waals surface area contributed by atoms with Crippen molar-refractivity contribution in [3.63, 3.8) is 0 Å². The first-order chi connectivity index (χ1) is 3.75. The van der Waals surface area contributed by atoms with Gasteiger partial charge in [-0.15, -0.1) is 0 Å². The molecule has 0 aromatic rings. The van der Waals surface area contributed by atoms with E-state index >= 15 is 0 Å². The van der Waals surface area contributed by atoms with E-state index in [1.165, 1.54) is 6.42 Å². The van der Waals surface area contributed by atoms with Gasteiger partial charge in [0.15, 0.2) is 0 Å². The van der Waals surface area contributed by atoms with E-state index in [4.69, 9.17) is 4.74 Å². The van der Waals surface area contributed by atoms with Gasteiger partial charge in [0.2, 0.25) is 0 Å². The molecule has 0 unspecified atom stereocenters. The SMILES string of the molecule is CO[C](=[Cr])[C@@H]1C[C@H]1C. The summed E-state index contributed by atoms with van der Waals surface area (Å²) in [4.78, 5) is 0. The van der Waals surface area contributed by atoms with Gasteiger partial charge in [0.05, 0.1) is 0 Å². The second-order valence-corrected chi connectivity index (χ2v) is 2.97. The van der Waals surface area contributed by atoms with Crippen molar-refractivity contribution in [1.82, 2.24) is 0 Å². The predicted molar refractivity (Wildman–Crippen MR) is 29.3 cm³/mol. The molecular formula is C6H10CrO. The van der Waals surface area contributed by atoms with Crippen LogP contribution in [0, 0.1) is 11.8 Å². The number of methoxy groups -OCH3 is 1. The molecule has 0 spiro atoms. The van der Waals surface area contributed by atoms with Crippen molar-refractivity contribution in [3.8, 4) is 0 Å². The fourth-order valence-electron chi connectivity index (χ4n) is 0.802. The summed E-state index contributed by atoms with van der Waals surface area (Å²) in [6, 6.07) is 0. The molecule has 1 rings (SSSR count). The zero-order valence-electron chi connectivity index (χ0n) is 5.18. The molecule has 0 aromatic heterocycles. The molecule has 0 amide bonds. The molecule has 1 saturated carbocycles. The van der Waals surface area contributed by atoms with E-state index in [1.807, 2.05) is 0 Å². The van der Waals surface area contributed by atoms with Crippen LogP contribution in [-0.2, 0) is 20.6 Å². The molecule has 0 aromatic carbocycles. The molecule has 2 heteroatoms. The molecule has 0 saturated heterocycles. The first-order valence-electron chi connectivity index (χ1n) is 2.83. The van der Waals surface area contributed by atoms with E-state index < -0.39 is 0 Å². The Bertz CT molecular complexity index is 111. The van der Waals surface area contributed by atoms with E-state index in [0.29, 0.717) is 0 Å². The van der Waals surface area contributed by atoms with Crippen LogP contribution in [0.3, 0.4) is 0 Å². The fourth-order valence-corrected chi connectivity index (χ4v) is 1.31. The topological polar surface area (TPSA) is 9.23 Å². The monoisotopic (exact) mass is 150 g/mol. The van der Waals surface area contributed by atoms with Gasteiger partial charge in [-0.2, -0.15) is 0 Å². The van der Waals surface area contributed by atoms with Gasteiger partial charge in [0, 0.05) is 0 Å². The van der Waals surface area contributed by atoms with Gasteiger partial charge in [-0.1, -0.05) is 0 Å². The quantitative estimate of drug-likeness (QED) is 0.569. The molecular weight excluding hydrogens is 140 g/mol. The standard InChI is InChI=1S/C6H10O.Cr/c1-5-3-6(5)4-7-2;/h5-6H,3H2,1-2H3;/t5-,6+;/m1./s1. The maximum absolute atomic E-state index is 5.01. The van der Waals surface area contributed by atoms with E-state index in [2.05, 4.69) is 22.8 Å². The van der Waals surface area contributed by atoms with Crippen LogP contribution in [0.2, 0.25) is 0 Å². The third kappa shape index (κ3) is 1.20. The van der Waals surface area contributed by atoms with Gasteiger partial charge in [0.25, 0.3) is 0 Å². The summed E-state index contributed by atoms with van der Waals surface area (Å²) >= 11 is 2.91. The maximum atomic E-state index is 5.01. The molecule has 1 nitrogen and oxygen atoms in total. The molecule has 8 heavy (non-hydrogen) atoms. The normalized spacial score (nSPS) is 34.8. The Morgan fingerprint density at radius 2 is 2.25 bits per heavy atom. The molecule has 0 bridgehead atoms. The van der Waals surface area contributed by atoms with Crippen molar-refractivity contribution in [2.24, 2.45) is 11.8 Å². The zero-order valence-corrected chi connectivity index (χ0v) is 6.45. The molecule has 0 aliphatic heterocycles. The van der Waals surface area contributed by atoms with Crippen molar-refractivity contribution < 1.29 is 20.6 Å². The van der Waals surface area contributed by atoms with Crippen LogP contribution in [0.4, 0.5) is 0 Å². The zero-order chi connectivity index (χ0) is 6.15. The second kappa shape index (κ2) is 2.31. The Morgan fingerprint density at radius 3 is 2.38 bits per heavy atom. The summed E-state index contributed by atoms with van der Waals surface area (Å²) in [5.74, 6) is 1.58. The van der Waals surface area contributed by atoms with Crippen molar-refractivity contribution >= 4 is 4.57 Å². The van der Waals surface area contributed by atoms with Crippen LogP contribution in [0.1, 0.15) is 13.3 Å². The van der Waals surface area contributed by atoms with Crippen LogP contribution < -0.4 is 0 Å². The third-order valence-electron chi connectivity index (χ3n) is 1.61. The Labute approximate surface area is 58.0 Å². The Balaban J connectivity index is 2.28. The Hall–Kier alpha value is 0.362. The van der Waals surface area contributed by atoms with E-state index in [9.17, 15) is 0 Å². The van der Waals surface area contributed by atoms with Crippen LogP contribution in [0.5, 0.6) is 0 Å². The molecule has 1 aliphatic rings. The second-order valence-electron chi connectivity index (χ2n) is 2.34. The molecule has 0 radical (unpaired) electrons. The van der Waals surface area contributed by atoms with Crippen LogP contribution >= 0.6 is 0 Å². The number of ether oxygens (including phenoxy) is 1. The first kappa shape index (κ1) is 6.48. The summed E-state index contributed by atoms with van der Waals surface area (Å²) in [6.07, 6.45) is 1.30. The van der Waals surface area contributed by atoms with E-state index in [1.54, 1.807) is 7.11 Å². The number of hydrogen-bond donors (Lipinski definition) is 0. The van der Waals surface area contributed by atoms with Crippen molar-refractivity contribution in [2.75, 3.05) is 7.11 Å². The summed E-state index contributed by atoms with van der Waals surface area (Å²) < 4.78 is 6.09. The summed E-state index contributed by atoms with van der Waals surface area (Å²) in [6.45, 7) is 2.24. The molecule has 1 fully saturated rings. The van der Waals surface area contributed by atoms with Crippen molar-refractivity contribution in [2.45, 2.75) is 13.3 Å². The Kier molecular flexibility index (Phi) is 1.87. The van der Waals surface area contributed by atoms with Crippen molar-refractivity contribution in [3.05, 3.63) is 0 Å². The van der Waals surface area contributed by atoms with Gasteiger partial charge >= 0.3 is 57.4 Å². The van der Waals surface area contributed by atoms with Gasteiger partial charge in [0.1, 0.15) is 0 Å². The molecule has 0 heterocycles. The first-order valence-corrected chi connectivity index (χ1v) is 3.47. The minimum absolute atomic E-state index is 0.722. The summed E-state index contributed by atoms with van der Waals surface area (Å²) in [7, 11) is 1.72. The van der Waals surface area contributed by atoms with Crippen LogP contribution in [0.25, 0.3) is 0 Å². The third-order valence-corrected chi connectivity index (χ3v) is 2.35. The average molecular weight is 150 g/mol. The average Bonchev–Trinajstić information content (AvgIpc) is 2.45. The minimum atomic E-state index is 0.722. The van der Waals surface area contributed by atoms with Crippen LogP contribution in [0.15, 0.2) is 0 Å². The molecule has 0 N–H and O–H groups in total. The van der Waals surface area contributed by atoms with Crippen LogP contribution in [-0.4, -0.2) is 11.7 Å². The number of rotatable bonds is 2. The van der Waals surface area contributed by atoms with Gasteiger partial charge in [-0.3, -0.25) is 0 Å². The summed E-state index contributed by atoms with van der Waals surface area (Å²) in [5.41, 5.74) is 0. The van der Waals surface area contributed by atoms with Crippen molar-refractivity contribution in [1.29, 1.82) is 0 Å². The van der Waals surface area contributed by atoms with Gasteiger partial charge in [-0.05, 0) is 0 Å². The van der Waals surface area contributed by atoms with Gasteiger partial charge in [-0.25, -0.2) is 0 Å². The van der Waals surface area contributed by atoms with E-state index in [0.717, 1.165) is 16.4 Å². The predicted octanol–water partition coefficient (Wildman–Crippen LogP) is 0.966. The number of hydrogen-bond acceptors (Lipinski definition) is 1. The summed E-state index contributed by atoms with van der Waals surface area (Å²) in [5, 5.41) is 0. The molecule has 46 valence electrons.